The van der Waals surface area contributed by atoms with Crippen LogP contribution in [0.5, 0.6) is 0 Å². The summed E-state index contributed by atoms with van der Waals surface area (Å²) in [4.78, 5) is 9.42. The van der Waals surface area contributed by atoms with Gasteiger partial charge in [0.15, 0.2) is 0 Å². The second-order valence-corrected chi connectivity index (χ2v) is 2.87. The summed E-state index contributed by atoms with van der Waals surface area (Å²) < 4.78 is 34.5. The minimum atomic E-state index is -2.73. The van der Waals surface area contributed by atoms with E-state index in [4.69, 9.17) is 4.11 Å². The molecule has 3 nitrogen and oxygen atoms in total. The van der Waals surface area contributed by atoms with Crippen LogP contribution in [0.2, 0.25) is 0 Å². The van der Waals surface area contributed by atoms with Crippen molar-refractivity contribution in [3.05, 3.63) is 38.1 Å². The molecule has 0 radical (unpaired) electrons. The van der Waals surface area contributed by atoms with E-state index >= 15 is 0 Å². The average molecular weight is 237 g/mol. The monoisotopic (exact) mass is 236 g/mol. The fourth-order valence-corrected chi connectivity index (χ4v) is 0.989. The Morgan fingerprint density at radius 3 is 2.92 bits per heavy atom. The van der Waals surface area contributed by atoms with Gasteiger partial charge in [-0.3, -0.25) is 10.1 Å². The van der Waals surface area contributed by atoms with Crippen molar-refractivity contribution in [2.45, 2.75) is 6.85 Å². The Morgan fingerprint density at radius 1 is 1.75 bits per heavy atom. The van der Waals surface area contributed by atoms with E-state index in [2.05, 4.69) is 15.9 Å². The number of rotatable bonds is 1. The third kappa shape index (κ3) is 1.45. The molecule has 0 atom stereocenters. The van der Waals surface area contributed by atoms with Crippen molar-refractivity contribution >= 4 is 21.6 Å². The Kier molecular flexibility index (Phi) is 1.50. The summed E-state index contributed by atoms with van der Waals surface area (Å²) in [6.45, 7) is -2.73. The molecular weight excluding hydrogens is 229 g/mol. The molecule has 0 N–H and O–H groups in total. The molecule has 64 valence electrons. The molecule has 0 aliphatic heterocycles. The zero-order chi connectivity index (χ0) is 11.8. The van der Waals surface area contributed by atoms with Crippen LogP contribution < -0.4 is 0 Å². The Bertz CT molecular complexity index is 421. The lowest BCUT2D eigenvalue weighted by atomic mass is 10.2. The molecule has 0 bridgehead atoms. The molecule has 0 heterocycles. The van der Waals surface area contributed by atoms with E-state index in [1.165, 1.54) is 0 Å². The van der Waals surface area contributed by atoms with Gasteiger partial charge in [-0.1, -0.05) is 15.9 Å². The van der Waals surface area contributed by atoms with Gasteiger partial charge in [-0.2, -0.15) is 4.39 Å². The van der Waals surface area contributed by atoms with Crippen LogP contribution in [0.25, 0.3) is 0 Å². The summed E-state index contributed by atoms with van der Waals surface area (Å²) in [7, 11) is 0. The minimum Gasteiger partial charge on any atom is -0.258 e. The molecule has 0 fully saturated rings. The van der Waals surface area contributed by atoms with Gasteiger partial charge in [0.2, 0.25) is 5.82 Å². The highest BCUT2D eigenvalue weighted by Crippen LogP contribution is 2.26. The first-order chi connectivity index (χ1) is 6.75. The van der Waals surface area contributed by atoms with Crippen LogP contribution in [0.1, 0.15) is 9.68 Å². The van der Waals surface area contributed by atoms with Crippen molar-refractivity contribution in [1.82, 2.24) is 0 Å². The molecule has 1 aromatic carbocycles. The second-order valence-electron chi connectivity index (χ2n) is 2.01. The molecule has 0 spiro atoms. The fourth-order valence-electron chi connectivity index (χ4n) is 0.683. The topological polar surface area (TPSA) is 43.1 Å². The van der Waals surface area contributed by atoms with Gasteiger partial charge in [-0.15, -0.1) is 0 Å². The van der Waals surface area contributed by atoms with Crippen LogP contribution in [-0.2, 0) is 0 Å². The maximum Gasteiger partial charge on any atom is 0.305 e. The van der Waals surface area contributed by atoms with E-state index in [9.17, 15) is 14.5 Å². The summed E-state index contributed by atoms with van der Waals surface area (Å²) >= 11 is 2.84. The molecule has 0 amide bonds. The van der Waals surface area contributed by atoms with Gasteiger partial charge >= 0.3 is 5.69 Å². The lowest BCUT2D eigenvalue weighted by molar-refractivity contribution is -0.387. The molecule has 0 aliphatic carbocycles. The fraction of sp³-hybridized carbons (Fsp3) is 0.143. The van der Waals surface area contributed by atoms with Gasteiger partial charge in [-0.25, -0.2) is 0 Å². The van der Waals surface area contributed by atoms with E-state index in [1.54, 1.807) is 0 Å². The molecule has 0 unspecified atom stereocenters. The predicted octanol–water partition coefficient (Wildman–Crippen LogP) is 2.80. The third-order valence-electron chi connectivity index (χ3n) is 1.27. The quantitative estimate of drug-likeness (QED) is 0.556. The Hall–Kier alpha value is -0.970. The highest BCUT2D eigenvalue weighted by atomic mass is 79.9. The maximum absolute atomic E-state index is 13.4. The van der Waals surface area contributed by atoms with Gasteiger partial charge < -0.3 is 0 Å². The summed E-state index contributed by atoms with van der Waals surface area (Å²) in [6.07, 6.45) is 0. The van der Waals surface area contributed by atoms with Crippen molar-refractivity contribution in [2.75, 3.05) is 0 Å². The van der Waals surface area contributed by atoms with E-state index in [1.807, 2.05) is 0 Å². The Morgan fingerprint density at radius 2 is 2.42 bits per heavy atom. The van der Waals surface area contributed by atoms with E-state index in [0.29, 0.717) is 0 Å². The van der Waals surface area contributed by atoms with Crippen LogP contribution in [0.4, 0.5) is 10.1 Å². The van der Waals surface area contributed by atoms with Crippen LogP contribution in [0.3, 0.4) is 0 Å². The SMILES string of the molecule is [2H]C([2H])([2H])c1c(Br)ccc([N+](=O)[O-])c1F. The molecule has 0 saturated heterocycles. The highest BCUT2D eigenvalue weighted by molar-refractivity contribution is 9.10. The summed E-state index contributed by atoms with van der Waals surface area (Å²) in [5.41, 5.74) is -1.51. The van der Waals surface area contributed by atoms with Crippen molar-refractivity contribution in [1.29, 1.82) is 0 Å². The van der Waals surface area contributed by atoms with Crippen molar-refractivity contribution in [2.24, 2.45) is 0 Å². The summed E-state index contributed by atoms with van der Waals surface area (Å²) in [5, 5.41) is 10.4. The van der Waals surface area contributed by atoms with Crippen LogP contribution >= 0.6 is 15.9 Å². The third-order valence-corrected chi connectivity index (χ3v) is 1.93. The normalized spacial score (nSPS) is 14.7. The summed E-state index contributed by atoms with van der Waals surface area (Å²) in [5.74, 6) is -1.32. The first-order valence-electron chi connectivity index (χ1n) is 4.38. The number of nitro groups is 1. The van der Waals surface area contributed by atoms with Gasteiger partial charge in [-0.05, 0) is 12.9 Å². The average Bonchev–Trinajstić information content (AvgIpc) is 2.00. The number of benzene rings is 1. The molecule has 1 rings (SSSR count). The number of halogens is 2. The van der Waals surface area contributed by atoms with Crippen LogP contribution in [0, 0.1) is 22.8 Å². The Balaban J connectivity index is 3.51. The maximum atomic E-state index is 13.4. The Labute approximate surface area is 80.7 Å². The molecule has 1 aromatic rings. The van der Waals surface area contributed by atoms with E-state index in [-0.39, 0.29) is 4.47 Å². The van der Waals surface area contributed by atoms with Crippen LogP contribution in [-0.4, -0.2) is 4.92 Å². The molecular formula is C7H5BrFNO2. The van der Waals surface area contributed by atoms with E-state index in [0.717, 1.165) is 12.1 Å². The molecule has 0 aliphatic rings. The largest absolute Gasteiger partial charge is 0.305 e. The van der Waals surface area contributed by atoms with E-state index < -0.39 is 28.8 Å². The van der Waals surface area contributed by atoms with Crippen molar-refractivity contribution in [3.8, 4) is 0 Å². The first kappa shape index (κ1) is 5.64. The van der Waals surface area contributed by atoms with Gasteiger partial charge in [0.05, 0.1) is 4.92 Å². The molecule has 12 heavy (non-hydrogen) atoms. The second kappa shape index (κ2) is 3.18. The molecule has 0 saturated carbocycles. The molecule has 5 heteroatoms. The standard InChI is InChI=1S/C7H5BrFNO2/c1-4-5(8)2-3-6(7(4)9)10(11)12/h2-3H,1H3/i1D3. The molecule has 0 aromatic heterocycles. The first-order valence-corrected chi connectivity index (χ1v) is 3.67. The highest BCUT2D eigenvalue weighted by Gasteiger charge is 2.16. The predicted molar refractivity (Wildman–Crippen MR) is 45.5 cm³/mol. The van der Waals surface area contributed by atoms with Crippen molar-refractivity contribution < 1.29 is 13.4 Å². The van der Waals surface area contributed by atoms with Gasteiger partial charge in [0.1, 0.15) is 0 Å². The zero-order valence-corrected chi connectivity index (χ0v) is 7.26. The van der Waals surface area contributed by atoms with Gasteiger partial charge in [0.25, 0.3) is 0 Å². The van der Waals surface area contributed by atoms with Crippen molar-refractivity contribution in [3.63, 3.8) is 0 Å². The number of nitro benzene ring substituents is 1. The number of nitrogens with zero attached hydrogens (tertiary/aromatic N) is 1. The number of hydrogen-bond acceptors (Lipinski definition) is 2. The number of hydrogen-bond donors (Lipinski definition) is 0. The van der Waals surface area contributed by atoms with Crippen LogP contribution in [0.15, 0.2) is 16.6 Å². The van der Waals surface area contributed by atoms with Gasteiger partial charge in [0, 0.05) is 20.2 Å². The lowest BCUT2D eigenvalue weighted by Gasteiger charge is -1.99. The summed E-state index contributed by atoms with van der Waals surface area (Å²) in [6, 6.07) is 2.05. The minimum absolute atomic E-state index is 0.00870. The zero-order valence-electron chi connectivity index (χ0n) is 8.67. The smallest absolute Gasteiger partial charge is 0.258 e. The lowest BCUT2D eigenvalue weighted by Crippen LogP contribution is -1.94.